The van der Waals surface area contributed by atoms with Crippen molar-refractivity contribution in [3.8, 4) is 11.5 Å². The molecule has 0 radical (unpaired) electrons. The summed E-state index contributed by atoms with van der Waals surface area (Å²) in [6, 6.07) is 6.59. The minimum absolute atomic E-state index is 0.0624. The molecule has 1 N–H and O–H groups in total. The molecular formula is C19H18BrF2NO3. The van der Waals surface area contributed by atoms with Crippen molar-refractivity contribution in [2.75, 3.05) is 13.2 Å². The molecule has 26 heavy (non-hydrogen) atoms. The minimum atomic E-state index is -0.518. The summed E-state index contributed by atoms with van der Waals surface area (Å²) >= 11 is 3.48. The fraction of sp³-hybridized carbons (Fsp3) is 0.316. The van der Waals surface area contributed by atoms with Gasteiger partial charge in [-0.3, -0.25) is 4.79 Å². The first-order chi connectivity index (χ1) is 12.4. The van der Waals surface area contributed by atoms with Crippen LogP contribution in [0.2, 0.25) is 0 Å². The van der Waals surface area contributed by atoms with Crippen molar-refractivity contribution >= 4 is 21.8 Å². The Morgan fingerprint density at radius 1 is 1.19 bits per heavy atom. The summed E-state index contributed by atoms with van der Waals surface area (Å²) < 4.78 is 38.7. The van der Waals surface area contributed by atoms with E-state index in [1.165, 1.54) is 0 Å². The molecule has 1 unspecified atom stereocenters. The van der Waals surface area contributed by atoms with E-state index in [9.17, 15) is 13.6 Å². The smallest absolute Gasteiger partial charge is 0.220 e. The summed E-state index contributed by atoms with van der Waals surface area (Å²) in [5, 5.41) is 2.87. The van der Waals surface area contributed by atoms with Crippen LogP contribution in [0.15, 0.2) is 34.8 Å². The van der Waals surface area contributed by atoms with Crippen LogP contribution in [-0.4, -0.2) is 19.1 Å². The number of nitrogens with one attached hydrogen (secondary N) is 1. The predicted molar refractivity (Wildman–Crippen MR) is 96.4 cm³/mol. The van der Waals surface area contributed by atoms with Crippen molar-refractivity contribution in [2.45, 2.75) is 25.8 Å². The van der Waals surface area contributed by atoms with E-state index in [0.29, 0.717) is 24.7 Å². The number of rotatable bonds is 5. The fourth-order valence-corrected chi connectivity index (χ4v) is 3.45. The van der Waals surface area contributed by atoms with Gasteiger partial charge in [-0.05, 0) is 54.8 Å². The lowest BCUT2D eigenvalue weighted by molar-refractivity contribution is -0.121. The molecule has 0 aromatic heterocycles. The first kappa shape index (κ1) is 18.6. The van der Waals surface area contributed by atoms with E-state index in [4.69, 9.17) is 9.47 Å². The van der Waals surface area contributed by atoms with Crippen molar-refractivity contribution in [1.29, 1.82) is 0 Å². The third-order valence-electron chi connectivity index (χ3n) is 4.13. The first-order valence-corrected chi connectivity index (χ1v) is 9.05. The van der Waals surface area contributed by atoms with Gasteiger partial charge in [0.1, 0.15) is 24.8 Å². The Morgan fingerprint density at radius 3 is 2.62 bits per heavy atom. The topological polar surface area (TPSA) is 47.6 Å². The molecule has 2 aromatic carbocycles. The SMILES string of the molecule is CC(NC(=O)CCc1cc(F)ccc1F)c1cc2c(cc1Br)OCCO2. The van der Waals surface area contributed by atoms with Crippen molar-refractivity contribution < 1.29 is 23.0 Å². The fourth-order valence-electron chi connectivity index (χ4n) is 2.79. The van der Waals surface area contributed by atoms with E-state index in [1.807, 2.05) is 19.1 Å². The van der Waals surface area contributed by atoms with Crippen LogP contribution in [0.1, 0.15) is 30.5 Å². The summed E-state index contributed by atoms with van der Waals surface area (Å²) in [5.41, 5.74) is 1.04. The van der Waals surface area contributed by atoms with Crippen LogP contribution in [0.5, 0.6) is 11.5 Å². The van der Waals surface area contributed by atoms with E-state index in [2.05, 4.69) is 21.2 Å². The molecule has 1 heterocycles. The molecule has 0 bridgehead atoms. The molecule has 1 aliphatic heterocycles. The maximum absolute atomic E-state index is 13.6. The molecule has 1 atom stereocenters. The Balaban J connectivity index is 1.63. The first-order valence-electron chi connectivity index (χ1n) is 8.26. The van der Waals surface area contributed by atoms with E-state index in [0.717, 1.165) is 28.2 Å². The Hall–Kier alpha value is -2.15. The molecule has 138 valence electrons. The van der Waals surface area contributed by atoms with Crippen molar-refractivity contribution in [1.82, 2.24) is 5.32 Å². The van der Waals surface area contributed by atoms with Crippen LogP contribution in [0, 0.1) is 11.6 Å². The number of aryl methyl sites for hydroxylation is 1. The lowest BCUT2D eigenvalue weighted by Gasteiger charge is -2.22. The summed E-state index contributed by atoms with van der Waals surface area (Å²) in [6.07, 6.45) is 0.192. The van der Waals surface area contributed by atoms with Gasteiger partial charge < -0.3 is 14.8 Å². The molecule has 1 aliphatic rings. The lowest BCUT2D eigenvalue weighted by atomic mass is 10.1. The second kappa shape index (κ2) is 8.03. The largest absolute Gasteiger partial charge is 0.486 e. The third kappa shape index (κ3) is 4.33. The average molecular weight is 426 g/mol. The van der Waals surface area contributed by atoms with Gasteiger partial charge in [-0.1, -0.05) is 15.9 Å². The third-order valence-corrected chi connectivity index (χ3v) is 4.82. The number of fused-ring (bicyclic) bond motifs is 1. The van der Waals surface area contributed by atoms with Gasteiger partial charge >= 0.3 is 0 Å². The van der Waals surface area contributed by atoms with Gasteiger partial charge in [0, 0.05) is 10.9 Å². The van der Waals surface area contributed by atoms with Crippen LogP contribution in [0.3, 0.4) is 0 Å². The zero-order valence-electron chi connectivity index (χ0n) is 14.2. The van der Waals surface area contributed by atoms with Gasteiger partial charge in [0.15, 0.2) is 11.5 Å². The maximum atomic E-state index is 13.6. The highest BCUT2D eigenvalue weighted by Gasteiger charge is 2.19. The number of hydrogen-bond donors (Lipinski definition) is 1. The van der Waals surface area contributed by atoms with E-state index in [-0.39, 0.29) is 30.4 Å². The highest BCUT2D eigenvalue weighted by atomic mass is 79.9. The van der Waals surface area contributed by atoms with Gasteiger partial charge in [-0.25, -0.2) is 8.78 Å². The zero-order valence-corrected chi connectivity index (χ0v) is 15.7. The molecule has 0 saturated carbocycles. The van der Waals surface area contributed by atoms with Crippen LogP contribution in [0.4, 0.5) is 8.78 Å². The van der Waals surface area contributed by atoms with Crippen molar-refractivity contribution in [2.24, 2.45) is 0 Å². The number of benzene rings is 2. The van der Waals surface area contributed by atoms with E-state index in [1.54, 1.807) is 0 Å². The maximum Gasteiger partial charge on any atom is 0.220 e. The molecule has 1 amide bonds. The molecule has 0 saturated heterocycles. The molecule has 2 aromatic rings. The van der Waals surface area contributed by atoms with E-state index < -0.39 is 11.6 Å². The second-order valence-electron chi connectivity index (χ2n) is 6.04. The van der Waals surface area contributed by atoms with Gasteiger partial charge in [0.25, 0.3) is 0 Å². The number of halogens is 3. The van der Waals surface area contributed by atoms with Crippen LogP contribution < -0.4 is 14.8 Å². The number of carbonyl (C=O) groups is 1. The molecule has 7 heteroatoms. The molecule has 3 rings (SSSR count). The van der Waals surface area contributed by atoms with Crippen LogP contribution in [0.25, 0.3) is 0 Å². The highest BCUT2D eigenvalue weighted by molar-refractivity contribution is 9.10. The number of amides is 1. The van der Waals surface area contributed by atoms with Gasteiger partial charge in [-0.2, -0.15) is 0 Å². The van der Waals surface area contributed by atoms with Gasteiger partial charge in [0.05, 0.1) is 6.04 Å². The average Bonchev–Trinajstić information content (AvgIpc) is 2.61. The number of hydrogen-bond acceptors (Lipinski definition) is 3. The summed E-state index contributed by atoms with van der Waals surface area (Å²) in [5.74, 6) is 0.0181. The summed E-state index contributed by atoms with van der Waals surface area (Å²) in [6.45, 7) is 2.83. The normalized spacial score (nSPS) is 14.0. The molecule has 0 aliphatic carbocycles. The number of ether oxygens (including phenoxy) is 2. The predicted octanol–water partition coefficient (Wildman–Crippen LogP) is 4.31. The second-order valence-corrected chi connectivity index (χ2v) is 6.90. The highest BCUT2D eigenvalue weighted by Crippen LogP contribution is 2.37. The minimum Gasteiger partial charge on any atom is -0.486 e. The Morgan fingerprint density at radius 2 is 1.88 bits per heavy atom. The molecule has 0 fully saturated rings. The summed E-state index contributed by atoms with van der Waals surface area (Å²) in [7, 11) is 0. The quantitative estimate of drug-likeness (QED) is 0.776. The molecule has 0 spiro atoms. The monoisotopic (exact) mass is 425 g/mol. The van der Waals surface area contributed by atoms with Gasteiger partial charge in [-0.15, -0.1) is 0 Å². The molecule has 4 nitrogen and oxygen atoms in total. The van der Waals surface area contributed by atoms with Crippen LogP contribution >= 0.6 is 15.9 Å². The van der Waals surface area contributed by atoms with Gasteiger partial charge in [0.2, 0.25) is 5.91 Å². The summed E-state index contributed by atoms with van der Waals surface area (Å²) in [4.78, 5) is 12.2. The Kier molecular flexibility index (Phi) is 5.76. The standard InChI is InChI=1S/C19H18BrF2NO3/c1-11(14-9-17-18(10-15(14)20)26-7-6-25-17)23-19(24)5-2-12-8-13(21)3-4-16(12)22/h3-4,8-11H,2,5-7H2,1H3,(H,23,24). The zero-order chi connectivity index (χ0) is 18.7. The van der Waals surface area contributed by atoms with Crippen molar-refractivity contribution in [3.05, 3.63) is 57.6 Å². The van der Waals surface area contributed by atoms with Crippen LogP contribution in [-0.2, 0) is 11.2 Å². The number of carbonyl (C=O) groups excluding carboxylic acids is 1. The molecular weight excluding hydrogens is 408 g/mol. The Bertz CT molecular complexity index is 829. The van der Waals surface area contributed by atoms with Crippen molar-refractivity contribution in [3.63, 3.8) is 0 Å². The lowest BCUT2D eigenvalue weighted by Crippen LogP contribution is -2.27. The Labute approximate surface area is 158 Å². The van der Waals surface area contributed by atoms with E-state index >= 15 is 0 Å².